The van der Waals surface area contributed by atoms with E-state index < -0.39 is 23.5 Å². The van der Waals surface area contributed by atoms with Gasteiger partial charge in [0.05, 0.1) is 11.5 Å². The minimum absolute atomic E-state index is 0.0637. The molecule has 1 rings (SSSR count). The third kappa shape index (κ3) is 2.25. The van der Waals surface area contributed by atoms with Gasteiger partial charge >= 0.3 is 5.97 Å². The molecule has 1 unspecified atom stereocenters. The predicted octanol–water partition coefficient (Wildman–Crippen LogP) is 1.33. The number of benzene rings is 1. The van der Waals surface area contributed by atoms with Gasteiger partial charge in [-0.05, 0) is 19.1 Å². The molecular formula is C10H10ClNO4. The first kappa shape index (κ1) is 12.3. The number of carbonyl (C=O) groups excluding carboxylic acids is 1. The maximum Gasteiger partial charge on any atom is 0.310 e. The second-order valence-corrected chi connectivity index (χ2v) is 3.75. The quantitative estimate of drug-likeness (QED) is 0.745. The summed E-state index contributed by atoms with van der Waals surface area (Å²) in [7, 11) is 0. The summed E-state index contributed by atoms with van der Waals surface area (Å²) >= 11 is 5.70. The van der Waals surface area contributed by atoms with Crippen molar-refractivity contribution in [3.05, 3.63) is 28.3 Å². The van der Waals surface area contributed by atoms with Crippen LogP contribution in [0.3, 0.4) is 0 Å². The Labute approximate surface area is 96.4 Å². The van der Waals surface area contributed by atoms with E-state index in [1.807, 2.05) is 0 Å². The Balaban J connectivity index is 3.40. The minimum atomic E-state index is -1.13. The third-order valence-corrected chi connectivity index (χ3v) is 2.42. The van der Waals surface area contributed by atoms with Gasteiger partial charge in [0.2, 0.25) is 0 Å². The first-order valence-corrected chi connectivity index (χ1v) is 4.77. The zero-order chi connectivity index (χ0) is 12.5. The number of aliphatic carboxylic acids is 1. The number of carbonyl (C=O) groups is 2. The summed E-state index contributed by atoms with van der Waals surface area (Å²) in [6.07, 6.45) is 0. The van der Waals surface area contributed by atoms with Gasteiger partial charge in [0.15, 0.2) is 0 Å². The lowest BCUT2D eigenvalue weighted by Gasteiger charge is -2.12. The molecule has 1 aromatic rings. The Morgan fingerprint density at radius 1 is 1.44 bits per heavy atom. The number of hydrogen-bond acceptors (Lipinski definition) is 3. The van der Waals surface area contributed by atoms with E-state index >= 15 is 0 Å². The zero-order valence-corrected chi connectivity index (χ0v) is 9.15. The van der Waals surface area contributed by atoms with E-state index in [2.05, 4.69) is 0 Å². The fraction of sp³-hybridized carbons (Fsp3) is 0.200. The van der Waals surface area contributed by atoms with Gasteiger partial charge in [-0.3, -0.25) is 9.59 Å². The number of amides is 1. The molecule has 0 bridgehead atoms. The zero-order valence-electron chi connectivity index (χ0n) is 8.40. The smallest absolute Gasteiger partial charge is 0.310 e. The molecule has 1 aromatic carbocycles. The van der Waals surface area contributed by atoms with Crippen LogP contribution in [0.15, 0.2) is 12.1 Å². The van der Waals surface area contributed by atoms with Crippen molar-refractivity contribution in [3.63, 3.8) is 0 Å². The second-order valence-electron chi connectivity index (χ2n) is 3.32. The van der Waals surface area contributed by atoms with Gasteiger partial charge < -0.3 is 15.9 Å². The van der Waals surface area contributed by atoms with Gasteiger partial charge in [-0.15, -0.1) is 0 Å². The first-order valence-electron chi connectivity index (χ1n) is 4.39. The number of carboxylic acids is 1. The molecule has 0 spiro atoms. The fourth-order valence-corrected chi connectivity index (χ4v) is 1.50. The summed E-state index contributed by atoms with van der Waals surface area (Å²) in [4.78, 5) is 21.7. The van der Waals surface area contributed by atoms with E-state index in [0.29, 0.717) is 0 Å². The number of halogens is 1. The van der Waals surface area contributed by atoms with Crippen LogP contribution in [0.25, 0.3) is 0 Å². The van der Waals surface area contributed by atoms with Crippen molar-refractivity contribution in [2.24, 2.45) is 5.73 Å². The number of carboxylic acid groups (broad SMARTS) is 1. The van der Waals surface area contributed by atoms with Crippen molar-refractivity contribution >= 4 is 23.5 Å². The molecule has 1 amide bonds. The highest BCUT2D eigenvalue weighted by atomic mass is 35.5. The Bertz CT molecular complexity index is 458. The van der Waals surface area contributed by atoms with Crippen LogP contribution >= 0.6 is 11.6 Å². The Hall–Kier alpha value is -1.75. The molecule has 5 nitrogen and oxygen atoms in total. The molecule has 0 radical (unpaired) electrons. The summed E-state index contributed by atoms with van der Waals surface area (Å²) in [6, 6.07) is 2.49. The summed E-state index contributed by atoms with van der Waals surface area (Å²) in [5, 5.41) is 18.6. The number of phenols is 1. The topological polar surface area (TPSA) is 101 Å². The van der Waals surface area contributed by atoms with Gasteiger partial charge in [0, 0.05) is 10.6 Å². The average Bonchev–Trinajstić information content (AvgIpc) is 2.19. The molecular weight excluding hydrogens is 234 g/mol. The van der Waals surface area contributed by atoms with Gasteiger partial charge in [-0.25, -0.2) is 0 Å². The average molecular weight is 244 g/mol. The van der Waals surface area contributed by atoms with Crippen LogP contribution in [0.2, 0.25) is 5.02 Å². The SMILES string of the molecule is CC(C(=O)O)c1cc(Cl)cc(C(N)=O)c1O. The predicted molar refractivity (Wildman–Crippen MR) is 57.7 cm³/mol. The third-order valence-electron chi connectivity index (χ3n) is 2.21. The Morgan fingerprint density at radius 2 is 2.00 bits per heavy atom. The second kappa shape index (κ2) is 4.40. The Morgan fingerprint density at radius 3 is 2.44 bits per heavy atom. The van der Waals surface area contributed by atoms with Crippen LogP contribution in [0, 0.1) is 0 Å². The van der Waals surface area contributed by atoms with Crippen molar-refractivity contribution in [3.8, 4) is 5.75 Å². The molecule has 16 heavy (non-hydrogen) atoms. The highest BCUT2D eigenvalue weighted by Gasteiger charge is 2.22. The van der Waals surface area contributed by atoms with Gasteiger partial charge in [-0.2, -0.15) is 0 Å². The molecule has 86 valence electrons. The monoisotopic (exact) mass is 243 g/mol. The maximum absolute atomic E-state index is 11.0. The van der Waals surface area contributed by atoms with E-state index in [9.17, 15) is 14.7 Å². The van der Waals surface area contributed by atoms with Crippen LogP contribution in [0.1, 0.15) is 28.8 Å². The van der Waals surface area contributed by atoms with Crippen molar-refractivity contribution in [1.82, 2.24) is 0 Å². The summed E-state index contributed by atoms with van der Waals surface area (Å²) < 4.78 is 0. The summed E-state index contributed by atoms with van der Waals surface area (Å²) in [5.74, 6) is -3.41. The van der Waals surface area contributed by atoms with Crippen LogP contribution in [0.5, 0.6) is 5.75 Å². The molecule has 0 heterocycles. The molecule has 0 saturated heterocycles. The highest BCUT2D eigenvalue weighted by molar-refractivity contribution is 6.31. The number of hydrogen-bond donors (Lipinski definition) is 3. The minimum Gasteiger partial charge on any atom is -0.507 e. The van der Waals surface area contributed by atoms with Gasteiger partial charge in [-0.1, -0.05) is 11.6 Å². The number of rotatable bonds is 3. The van der Waals surface area contributed by atoms with E-state index in [-0.39, 0.29) is 16.1 Å². The largest absolute Gasteiger partial charge is 0.507 e. The molecule has 0 aliphatic rings. The molecule has 6 heteroatoms. The number of aromatic hydroxyl groups is 1. The lowest BCUT2D eigenvalue weighted by molar-refractivity contribution is -0.138. The van der Waals surface area contributed by atoms with Crippen LogP contribution < -0.4 is 5.73 Å². The standard InChI is InChI=1S/C10H10ClNO4/c1-4(10(15)16)6-2-5(11)3-7(8(6)13)9(12)14/h2-4,13H,1H3,(H2,12,14)(H,15,16). The van der Waals surface area contributed by atoms with E-state index in [1.165, 1.54) is 19.1 Å². The molecule has 4 N–H and O–H groups in total. The number of nitrogens with two attached hydrogens (primary N) is 1. The van der Waals surface area contributed by atoms with Crippen molar-refractivity contribution < 1.29 is 19.8 Å². The summed E-state index contributed by atoms with van der Waals surface area (Å²) in [5.41, 5.74) is 4.90. The van der Waals surface area contributed by atoms with Crippen LogP contribution in [0.4, 0.5) is 0 Å². The molecule has 1 atom stereocenters. The van der Waals surface area contributed by atoms with Crippen molar-refractivity contribution in [1.29, 1.82) is 0 Å². The molecule has 0 aliphatic heterocycles. The van der Waals surface area contributed by atoms with Crippen molar-refractivity contribution in [2.75, 3.05) is 0 Å². The van der Waals surface area contributed by atoms with E-state index in [0.717, 1.165) is 0 Å². The highest BCUT2D eigenvalue weighted by Crippen LogP contribution is 2.32. The maximum atomic E-state index is 11.0. The van der Waals surface area contributed by atoms with E-state index in [1.54, 1.807) is 0 Å². The normalized spacial score (nSPS) is 12.1. The van der Waals surface area contributed by atoms with Crippen LogP contribution in [-0.2, 0) is 4.79 Å². The van der Waals surface area contributed by atoms with Crippen LogP contribution in [-0.4, -0.2) is 22.1 Å². The van der Waals surface area contributed by atoms with Gasteiger partial charge in [0.25, 0.3) is 5.91 Å². The molecule has 0 aromatic heterocycles. The lowest BCUT2D eigenvalue weighted by atomic mass is 9.97. The molecule has 0 saturated carbocycles. The summed E-state index contributed by atoms with van der Waals surface area (Å²) in [6.45, 7) is 1.37. The van der Waals surface area contributed by atoms with E-state index in [4.69, 9.17) is 22.4 Å². The first-order chi connectivity index (χ1) is 7.34. The van der Waals surface area contributed by atoms with Gasteiger partial charge in [0.1, 0.15) is 5.75 Å². The fourth-order valence-electron chi connectivity index (χ4n) is 1.27. The number of primary amides is 1. The Kier molecular flexibility index (Phi) is 3.39. The lowest BCUT2D eigenvalue weighted by Crippen LogP contribution is -2.14. The van der Waals surface area contributed by atoms with Crippen molar-refractivity contribution in [2.45, 2.75) is 12.8 Å². The molecule has 0 aliphatic carbocycles. The molecule has 0 fully saturated rings.